The van der Waals surface area contributed by atoms with E-state index in [1.807, 2.05) is 0 Å². The van der Waals surface area contributed by atoms with Gasteiger partial charge in [0.05, 0.1) is 5.02 Å². The zero-order valence-electron chi connectivity index (χ0n) is 10.2. The summed E-state index contributed by atoms with van der Waals surface area (Å²) in [6.45, 7) is 0. The molecule has 0 saturated carbocycles. The van der Waals surface area contributed by atoms with Crippen LogP contribution >= 0.6 is 11.6 Å². The van der Waals surface area contributed by atoms with Gasteiger partial charge in [0.1, 0.15) is 0 Å². The molecular weight excluding hydrogens is 266 g/mol. The second kappa shape index (κ2) is 5.38. The Morgan fingerprint density at radius 3 is 2.53 bits per heavy atom. The number of pyridine rings is 1. The van der Waals surface area contributed by atoms with Crippen LogP contribution in [0.3, 0.4) is 0 Å². The number of nitrogens with zero attached hydrogens (tertiary/aromatic N) is 1. The third kappa shape index (κ3) is 2.20. The first-order chi connectivity index (χ1) is 9.13. The van der Waals surface area contributed by atoms with Crippen molar-refractivity contribution < 1.29 is 14.6 Å². The molecule has 0 saturated heterocycles. The largest absolute Gasteiger partial charge is 0.479 e. The number of carboxylic acids is 1. The predicted molar refractivity (Wildman–Crippen MR) is 71.1 cm³/mol. The number of carbonyl (C=O) groups is 1. The molecule has 98 valence electrons. The van der Waals surface area contributed by atoms with E-state index in [1.54, 1.807) is 30.3 Å². The van der Waals surface area contributed by atoms with Gasteiger partial charge in [-0.15, -0.1) is 0 Å². The number of halogens is 1. The molecule has 0 radical (unpaired) electrons. The molecule has 0 aliphatic heterocycles. The SMILES string of the molecule is COC(C(=O)O)(c1ccccc1)c1cnccc1Cl. The van der Waals surface area contributed by atoms with Crippen LogP contribution < -0.4 is 0 Å². The Morgan fingerprint density at radius 2 is 2.00 bits per heavy atom. The average molecular weight is 278 g/mol. The van der Waals surface area contributed by atoms with E-state index in [4.69, 9.17) is 16.3 Å². The number of methoxy groups -OCH3 is 1. The minimum Gasteiger partial charge on any atom is -0.479 e. The molecular formula is C14H12ClNO3. The number of hydrogen-bond acceptors (Lipinski definition) is 3. The highest BCUT2D eigenvalue weighted by Gasteiger charge is 2.44. The van der Waals surface area contributed by atoms with E-state index in [0.717, 1.165) is 0 Å². The lowest BCUT2D eigenvalue weighted by Crippen LogP contribution is -2.39. The van der Waals surface area contributed by atoms with E-state index in [-0.39, 0.29) is 0 Å². The van der Waals surface area contributed by atoms with E-state index in [1.165, 1.54) is 25.6 Å². The van der Waals surface area contributed by atoms with E-state index in [9.17, 15) is 9.90 Å². The molecule has 0 aliphatic rings. The van der Waals surface area contributed by atoms with Crippen molar-refractivity contribution in [3.05, 3.63) is 64.9 Å². The highest BCUT2D eigenvalue weighted by Crippen LogP contribution is 2.36. The van der Waals surface area contributed by atoms with Crippen LogP contribution in [0, 0.1) is 0 Å². The summed E-state index contributed by atoms with van der Waals surface area (Å²) in [7, 11) is 1.34. The molecule has 0 fully saturated rings. The maximum Gasteiger partial charge on any atom is 0.345 e. The van der Waals surface area contributed by atoms with Gasteiger partial charge >= 0.3 is 5.97 Å². The molecule has 0 bridgehead atoms. The van der Waals surface area contributed by atoms with Crippen LogP contribution in [0.4, 0.5) is 0 Å². The Morgan fingerprint density at radius 1 is 1.32 bits per heavy atom. The number of ether oxygens (including phenoxy) is 1. The Bertz CT molecular complexity index is 588. The summed E-state index contributed by atoms with van der Waals surface area (Å²) >= 11 is 6.10. The van der Waals surface area contributed by atoms with Crippen LogP contribution in [-0.4, -0.2) is 23.2 Å². The number of aromatic nitrogens is 1. The number of hydrogen-bond donors (Lipinski definition) is 1. The second-order valence-corrected chi connectivity index (χ2v) is 4.32. The van der Waals surface area contributed by atoms with Gasteiger partial charge in [-0.25, -0.2) is 4.79 Å². The van der Waals surface area contributed by atoms with Crippen molar-refractivity contribution in [2.24, 2.45) is 0 Å². The predicted octanol–water partition coefficient (Wildman–Crippen LogP) is 2.71. The molecule has 1 heterocycles. The Balaban J connectivity index is 2.73. The summed E-state index contributed by atoms with van der Waals surface area (Å²) in [5, 5.41) is 9.94. The van der Waals surface area contributed by atoms with E-state index in [2.05, 4.69) is 4.98 Å². The first kappa shape index (κ1) is 13.5. The lowest BCUT2D eigenvalue weighted by Gasteiger charge is -2.29. The van der Waals surface area contributed by atoms with E-state index < -0.39 is 11.6 Å². The van der Waals surface area contributed by atoms with Crippen molar-refractivity contribution in [2.75, 3.05) is 7.11 Å². The molecule has 19 heavy (non-hydrogen) atoms. The molecule has 1 N–H and O–H groups in total. The number of carboxylic acid groups (broad SMARTS) is 1. The lowest BCUT2D eigenvalue weighted by molar-refractivity contribution is -0.158. The number of benzene rings is 1. The molecule has 2 aromatic rings. The fourth-order valence-electron chi connectivity index (χ4n) is 2.02. The van der Waals surface area contributed by atoms with Gasteiger partial charge in [0.25, 0.3) is 0 Å². The maximum absolute atomic E-state index is 11.8. The maximum atomic E-state index is 11.8. The van der Waals surface area contributed by atoms with Crippen molar-refractivity contribution in [1.82, 2.24) is 4.98 Å². The molecule has 0 amide bonds. The summed E-state index contributed by atoms with van der Waals surface area (Å²) in [6.07, 6.45) is 2.91. The molecule has 1 aromatic heterocycles. The van der Waals surface area contributed by atoms with E-state index in [0.29, 0.717) is 16.1 Å². The summed E-state index contributed by atoms with van der Waals surface area (Å²) in [5.74, 6) is -1.14. The topological polar surface area (TPSA) is 59.4 Å². The van der Waals surface area contributed by atoms with Crippen molar-refractivity contribution in [2.45, 2.75) is 5.60 Å². The van der Waals surface area contributed by atoms with Crippen LogP contribution in [0.15, 0.2) is 48.8 Å². The molecule has 2 rings (SSSR count). The fraction of sp³-hybridized carbons (Fsp3) is 0.143. The van der Waals surface area contributed by atoms with Crippen molar-refractivity contribution in [3.63, 3.8) is 0 Å². The Labute approximate surface area is 115 Å². The normalized spacial score (nSPS) is 13.8. The minimum absolute atomic E-state index is 0.295. The highest BCUT2D eigenvalue weighted by atomic mass is 35.5. The van der Waals surface area contributed by atoms with Gasteiger partial charge in [-0.2, -0.15) is 0 Å². The van der Waals surface area contributed by atoms with Crippen LogP contribution in [0.5, 0.6) is 0 Å². The van der Waals surface area contributed by atoms with Crippen molar-refractivity contribution in [1.29, 1.82) is 0 Å². The molecule has 1 unspecified atom stereocenters. The summed E-state index contributed by atoms with van der Waals surface area (Å²) in [5.41, 5.74) is -0.871. The first-order valence-electron chi connectivity index (χ1n) is 5.57. The van der Waals surface area contributed by atoms with Gasteiger partial charge in [0, 0.05) is 25.1 Å². The zero-order chi connectivity index (χ0) is 13.9. The summed E-state index contributed by atoms with van der Waals surface area (Å²) < 4.78 is 5.33. The van der Waals surface area contributed by atoms with Gasteiger partial charge in [-0.1, -0.05) is 41.9 Å². The summed E-state index contributed by atoms with van der Waals surface area (Å²) in [6, 6.07) is 10.2. The third-order valence-electron chi connectivity index (χ3n) is 2.93. The van der Waals surface area contributed by atoms with Gasteiger partial charge < -0.3 is 9.84 Å². The van der Waals surface area contributed by atoms with Crippen LogP contribution in [0.1, 0.15) is 11.1 Å². The van der Waals surface area contributed by atoms with Gasteiger partial charge in [-0.3, -0.25) is 4.98 Å². The van der Waals surface area contributed by atoms with Gasteiger partial charge in [0.2, 0.25) is 5.60 Å². The molecule has 4 nitrogen and oxygen atoms in total. The van der Waals surface area contributed by atoms with Crippen molar-refractivity contribution >= 4 is 17.6 Å². The van der Waals surface area contributed by atoms with Gasteiger partial charge in [-0.05, 0) is 11.6 Å². The average Bonchev–Trinajstić information content (AvgIpc) is 2.43. The van der Waals surface area contributed by atoms with Crippen molar-refractivity contribution in [3.8, 4) is 0 Å². The number of rotatable bonds is 4. The quantitative estimate of drug-likeness (QED) is 0.933. The van der Waals surface area contributed by atoms with E-state index >= 15 is 0 Å². The molecule has 1 aromatic carbocycles. The second-order valence-electron chi connectivity index (χ2n) is 3.91. The number of aliphatic carboxylic acids is 1. The van der Waals surface area contributed by atoms with Crippen LogP contribution in [0.25, 0.3) is 0 Å². The lowest BCUT2D eigenvalue weighted by atomic mass is 9.87. The van der Waals surface area contributed by atoms with Crippen LogP contribution in [0.2, 0.25) is 5.02 Å². The molecule has 5 heteroatoms. The Kier molecular flexibility index (Phi) is 3.83. The Hall–Kier alpha value is -1.91. The third-order valence-corrected chi connectivity index (χ3v) is 3.26. The highest BCUT2D eigenvalue weighted by molar-refractivity contribution is 6.31. The monoisotopic (exact) mass is 277 g/mol. The zero-order valence-corrected chi connectivity index (χ0v) is 11.0. The van der Waals surface area contributed by atoms with Crippen LogP contribution in [-0.2, 0) is 15.1 Å². The standard InChI is InChI=1S/C14H12ClNO3/c1-19-14(13(17)18,10-5-3-2-4-6-10)11-9-16-8-7-12(11)15/h2-9H,1H3,(H,17,18). The molecule has 1 atom stereocenters. The smallest absolute Gasteiger partial charge is 0.345 e. The molecule has 0 aliphatic carbocycles. The minimum atomic E-state index is -1.66. The van der Waals surface area contributed by atoms with Gasteiger partial charge in [0.15, 0.2) is 0 Å². The molecule has 0 spiro atoms. The first-order valence-corrected chi connectivity index (χ1v) is 5.94. The fourth-order valence-corrected chi connectivity index (χ4v) is 2.26. The summed E-state index contributed by atoms with van der Waals surface area (Å²) in [4.78, 5) is 15.7.